The maximum Gasteiger partial charge on any atom is 0.129 e. The molecule has 1 nitrogen and oxygen atoms in total. The lowest BCUT2D eigenvalue weighted by Crippen LogP contribution is -1.90. The molecule has 78 valence electrons. The summed E-state index contributed by atoms with van der Waals surface area (Å²) in [5.74, 6) is -0.243. The molecule has 0 N–H and O–H groups in total. The van der Waals surface area contributed by atoms with Gasteiger partial charge in [-0.2, -0.15) is 0 Å². The molecular weight excluding hydrogens is 191 g/mol. The van der Waals surface area contributed by atoms with Gasteiger partial charge in [-0.25, -0.2) is 4.39 Å². The summed E-state index contributed by atoms with van der Waals surface area (Å²) in [7, 11) is 0. The van der Waals surface area contributed by atoms with Gasteiger partial charge in [0.2, 0.25) is 0 Å². The lowest BCUT2D eigenvalue weighted by molar-refractivity contribution is 0.232. The van der Waals surface area contributed by atoms with Gasteiger partial charge in [-0.1, -0.05) is 43.0 Å². The van der Waals surface area contributed by atoms with Gasteiger partial charge in [-0.05, 0) is 12.1 Å². The molecule has 0 atom stereocenters. The van der Waals surface area contributed by atoms with Gasteiger partial charge in [-0.15, -0.1) is 0 Å². The summed E-state index contributed by atoms with van der Waals surface area (Å²) in [6, 6.07) is 6.55. The molecule has 0 saturated heterocycles. The largest absolute Gasteiger partial charge is 0.496 e. The first-order valence-corrected chi connectivity index (χ1v) is 4.64. The first-order valence-electron chi connectivity index (χ1n) is 4.64. The Morgan fingerprint density at radius 1 is 1.20 bits per heavy atom. The standard InChI is InChI=1S/C13H13FO/c1-2-3-4-7-10-15-11-12-8-5-6-9-13(12)14/h2-10H,1,11H2/b4-3-,10-7-. The van der Waals surface area contributed by atoms with Gasteiger partial charge >= 0.3 is 0 Å². The molecule has 0 amide bonds. The van der Waals surface area contributed by atoms with Crippen LogP contribution in [0.3, 0.4) is 0 Å². The molecule has 1 rings (SSSR count). The number of allylic oxidation sites excluding steroid dienone is 4. The maximum absolute atomic E-state index is 13.1. The first-order chi connectivity index (χ1) is 7.34. The number of hydrogen-bond acceptors (Lipinski definition) is 1. The quantitative estimate of drug-likeness (QED) is 0.526. The Balaban J connectivity index is 2.38. The summed E-state index contributed by atoms with van der Waals surface area (Å²) in [4.78, 5) is 0. The summed E-state index contributed by atoms with van der Waals surface area (Å²) in [6.07, 6.45) is 8.48. The van der Waals surface area contributed by atoms with E-state index in [-0.39, 0.29) is 12.4 Å². The van der Waals surface area contributed by atoms with Crippen LogP contribution in [0, 0.1) is 5.82 Å². The smallest absolute Gasteiger partial charge is 0.129 e. The Morgan fingerprint density at radius 2 is 2.00 bits per heavy atom. The lowest BCUT2D eigenvalue weighted by Gasteiger charge is -2.01. The van der Waals surface area contributed by atoms with E-state index >= 15 is 0 Å². The molecule has 1 aromatic carbocycles. The van der Waals surface area contributed by atoms with Gasteiger partial charge in [0.05, 0.1) is 6.26 Å². The molecule has 2 heteroatoms. The van der Waals surface area contributed by atoms with Crippen molar-refractivity contribution in [3.05, 3.63) is 72.8 Å². The van der Waals surface area contributed by atoms with Crippen molar-refractivity contribution in [1.82, 2.24) is 0 Å². The molecule has 0 heterocycles. The van der Waals surface area contributed by atoms with Gasteiger partial charge in [-0.3, -0.25) is 0 Å². The minimum absolute atomic E-state index is 0.241. The minimum Gasteiger partial charge on any atom is -0.496 e. The molecular formula is C13H13FO. The van der Waals surface area contributed by atoms with Crippen molar-refractivity contribution in [1.29, 1.82) is 0 Å². The highest BCUT2D eigenvalue weighted by Crippen LogP contribution is 2.07. The second-order valence-corrected chi connectivity index (χ2v) is 2.85. The zero-order valence-electron chi connectivity index (χ0n) is 8.40. The van der Waals surface area contributed by atoms with Crippen LogP contribution in [-0.2, 0) is 11.3 Å². The Labute approximate surface area is 89.2 Å². The zero-order valence-corrected chi connectivity index (χ0v) is 8.40. The fraction of sp³-hybridized carbons (Fsp3) is 0.0769. The highest BCUT2D eigenvalue weighted by atomic mass is 19.1. The molecule has 15 heavy (non-hydrogen) atoms. The summed E-state index contributed by atoms with van der Waals surface area (Å²) < 4.78 is 18.2. The molecule has 0 bridgehead atoms. The van der Waals surface area contributed by atoms with Crippen molar-refractivity contribution >= 4 is 0 Å². The monoisotopic (exact) mass is 204 g/mol. The van der Waals surface area contributed by atoms with Crippen LogP contribution in [0.4, 0.5) is 4.39 Å². The van der Waals surface area contributed by atoms with Crippen molar-refractivity contribution in [3.63, 3.8) is 0 Å². The second kappa shape index (κ2) is 6.60. The average molecular weight is 204 g/mol. The van der Waals surface area contributed by atoms with Crippen LogP contribution in [0.2, 0.25) is 0 Å². The number of rotatable bonds is 5. The summed E-state index contributed by atoms with van der Waals surface area (Å²) in [5.41, 5.74) is 0.551. The Kier molecular flexibility index (Phi) is 4.95. The predicted molar refractivity (Wildman–Crippen MR) is 59.7 cm³/mol. The lowest BCUT2D eigenvalue weighted by atomic mass is 10.2. The van der Waals surface area contributed by atoms with E-state index in [1.165, 1.54) is 12.3 Å². The molecule has 0 aliphatic rings. The summed E-state index contributed by atoms with van der Waals surface area (Å²) in [5, 5.41) is 0. The molecule has 0 spiro atoms. The minimum atomic E-state index is -0.243. The second-order valence-electron chi connectivity index (χ2n) is 2.85. The van der Waals surface area contributed by atoms with Crippen molar-refractivity contribution in [2.45, 2.75) is 6.61 Å². The summed E-state index contributed by atoms with van der Waals surface area (Å²) in [6.45, 7) is 3.77. The Morgan fingerprint density at radius 3 is 2.73 bits per heavy atom. The first kappa shape index (κ1) is 11.2. The molecule has 0 radical (unpaired) electrons. The van der Waals surface area contributed by atoms with E-state index in [0.29, 0.717) is 5.56 Å². The van der Waals surface area contributed by atoms with Crippen LogP contribution in [-0.4, -0.2) is 0 Å². The number of halogens is 1. The van der Waals surface area contributed by atoms with E-state index in [1.54, 1.807) is 42.5 Å². The Hall–Kier alpha value is -1.83. The number of ether oxygens (including phenoxy) is 1. The highest BCUT2D eigenvalue weighted by molar-refractivity contribution is 5.16. The van der Waals surface area contributed by atoms with Crippen molar-refractivity contribution in [2.75, 3.05) is 0 Å². The van der Waals surface area contributed by atoms with Crippen molar-refractivity contribution in [3.8, 4) is 0 Å². The summed E-state index contributed by atoms with van der Waals surface area (Å²) >= 11 is 0. The topological polar surface area (TPSA) is 9.23 Å². The fourth-order valence-corrected chi connectivity index (χ4v) is 0.997. The molecule has 0 aliphatic heterocycles. The van der Waals surface area contributed by atoms with Gasteiger partial charge < -0.3 is 4.74 Å². The molecule has 0 saturated carbocycles. The van der Waals surface area contributed by atoms with Gasteiger partial charge in [0.25, 0.3) is 0 Å². The van der Waals surface area contributed by atoms with Crippen LogP contribution in [0.25, 0.3) is 0 Å². The zero-order chi connectivity index (χ0) is 10.9. The van der Waals surface area contributed by atoms with Gasteiger partial charge in [0.1, 0.15) is 12.4 Å². The van der Waals surface area contributed by atoms with E-state index in [4.69, 9.17) is 4.74 Å². The van der Waals surface area contributed by atoms with Crippen LogP contribution in [0.5, 0.6) is 0 Å². The average Bonchev–Trinajstić information content (AvgIpc) is 2.25. The normalized spacial score (nSPS) is 11.0. The Bertz CT molecular complexity index is 367. The molecule has 0 aromatic heterocycles. The third-order valence-electron chi connectivity index (χ3n) is 1.73. The van der Waals surface area contributed by atoms with E-state index < -0.39 is 0 Å². The van der Waals surface area contributed by atoms with Crippen LogP contribution in [0.15, 0.2) is 61.4 Å². The third kappa shape index (κ3) is 4.27. The van der Waals surface area contributed by atoms with Crippen LogP contribution < -0.4 is 0 Å². The fourth-order valence-electron chi connectivity index (χ4n) is 0.997. The van der Waals surface area contributed by atoms with E-state index in [9.17, 15) is 4.39 Å². The molecule has 0 unspecified atom stereocenters. The predicted octanol–water partition coefficient (Wildman–Crippen LogP) is 3.60. The van der Waals surface area contributed by atoms with Crippen LogP contribution in [0.1, 0.15) is 5.56 Å². The molecule has 0 fully saturated rings. The molecule has 0 aliphatic carbocycles. The van der Waals surface area contributed by atoms with E-state index in [1.807, 2.05) is 0 Å². The SMILES string of the molecule is C=C/C=C\C=C/OCc1ccccc1F. The number of benzene rings is 1. The van der Waals surface area contributed by atoms with Gasteiger partial charge in [0, 0.05) is 5.56 Å². The van der Waals surface area contributed by atoms with E-state index in [0.717, 1.165) is 0 Å². The third-order valence-corrected chi connectivity index (χ3v) is 1.73. The van der Waals surface area contributed by atoms with Gasteiger partial charge in [0.15, 0.2) is 0 Å². The maximum atomic E-state index is 13.1. The van der Waals surface area contributed by atoms with E-state index in [2.05, 4.69) is 6.58 Å². The molecule has 1 aromatic rings. The van der Waals surface area contributed by atoms with Crippen molar-refractivity contribution in [2.24, 2.45) is 0 Å². The number of hydrogen-bond donors (Lipinski definition) is 0. The van der Waals surface area contributed by atoms with Crippen molar-refractivity contribution < 1.29 is 9.13 Å². The highest BCUT2D eigenvalue weighted by Gasteiger charge is 1.98. The van der Waals surface area contributed by atoms with Crippen LogP contribution >= 0.6 is 0 Å².